The predicted octanol–water partition coefficient (Wildman–Crippen LogP) is 0.713. The van der Waals surface area contributed by atoms with Crippen LogP contribution >= 0.6 is 0 Å². The molecule has 2 rings (SSSR count). The summed E-state index contributed by atoms with van der Waals surface area (Å²) in [5.41, 5.74) is 2.05. The van der Waals surface area contributed by atoms with Gasteiger partial charge in [-0.25, -0.2) is 0 Å². The average molecular weight is 290 g/mol. The van der Waals surface area contributed by atoms with E-state index in [1.807, 2.05) is 71.2 Å². The van der Waals surface area contributed by atoms with Crippen molar-refractivity contribution in [2.24, 2.45) is 38.2 Å². The SMILES string of the molecule is Cn1ccn(C)c1=NCCCCCN=c1n(C)ccn1C. The highest BCUT2D eigenvalue weighted by Gasteiger charge is 1.94. The van der Waals surface area contributed by atoms with Gasteiger partial charge >= 0.3 is 0 Å². The third-order valence-corrected chi connectivity index (χ3v) is 3.61. The van der Waals surface area contributed by atoms with Crippen molar-refractivity contribution < 1.29 is 0 Å². The van der Waals surface area contributed by atoms with Crippen molar-refractivity contribution in [2.45, 2.75) is 19.3 Å². The summed E-state index contributed by atoms with van der Waals surface area (Å²) in [4.78, 5) is 9.26. The lowest BCUT2D eigenvalue weighted by atomic mass is 10.2. The minimum Gasteiger partial charge on any atom is -0.321 e. The summed E-state index contributed by atoms with van der Waals surface area (Å²) in [6.07, 6.45) is 11.5. The minimum atomic E-state index is 0.879. The fourth-order valence-corrected chi connectivity index (χ4v) is 2.37. The maximum absolute atomic E-state index is 4.63. The lowest BCUT2D eigenvalue weighted by Gasteiger charge is -1.98. The summed E-state index contributed by atoms with van der Waals surface area (Å²) in [6.45, 7) is 1.76. The van der Waals surface area contributed by atoms with E-state index in [1.54, 1.807) is 0 Å². The average Bonchev–Trinajstić information content (AvgIpc) is 2.94. The van der Waals surface area contributed by atoms with Gasteiger partial charge in [0.1, 0.15) is 0 Å². The van der Waals surface area contributed by atoms with Gasteiger partial charge in [0, 0.05) is 66.1 Å². The number of hydrogen-bond acceptors (Lipinski definition) is 2. The van der Waals surface area contributed by atoms with E-state index in [0.29, 0.717) is 0 Å². The third-order valence-electron chi connectivity index (χ3n) is 3.61. The molecule has 116 valence electrons. The topological polar surface area (TPSA) is 44.4 Å². The Morgan fingerprint density at radius 1 is 0.619 bits per heavy atom. The van der Waals surface area contributed by atoms with Gasteiger partial charge in [0.15, 0.2) is 0 Å². The molecule has 0 aliphatic heterocycles. The Bertz CT molecular complexity index is 589. The van der Waals surface area contributed by atoms with Gasteiger partial charge in [-0.3, -0.25) is 9.98 Å². The van der Waals surface area contributed by atoms with E-state index in [0.717, 1.165) is 43.6 Å². The summed E-state index contributed by atoms with van der Waals surface area (Å²) in [6, 6.07) is 0. The number of imidazole rings is 2. The van der Waals surface area contributed by atoms with E-state index >= 15 is 0 Å². The molecule has 6 heteroatoms. The van der Waals surface area contributed by atoms with Gasteiger partial charge in [-0.05, 0) is 19.3 Å². The first-order chi connectivity index (χ1) is 10.1. The largest absolute Gasteiger partial charge is 0.321 e. The molecule has 0 spiro atoms. The molecular weight excluding hydrogens is 264 g/mol. The molecule has 0 saturated carbocycles. The Morgan fingerprint density at radius 3 is 1.29 bits per heavy atom. The molecule has 2 aromatic rings. The number of unbranched alkanes of at least 4 members (excludes halogenated alkanes) is 2. The maximum Gasteiger partial charge on any atom is 0.204 e. The summed E-state index contributed by atoms with van der Waals surface area (Å²) in [7, 11) is 8.10. The molecule has 21 heavy (non-hydrogen) atoms. The van der Waals surface area contributed by atoms with Crippen LogP contribution < -0.4 is 11.2 Å². The third kappa shape index (κ3) is 4.00. The van der Waals surface area contributed by atoms with Crippen LogP contribution in [0.5, 0.6) is 0 Å². The van der Waals surface area contributed by atoms with Gasteiger partial charge in [-0.2, -0.15) is 0 Å². The maximum atomic E-state index is 4.63. The second-order valence-corrected chi connectivity index (χ2v) is 5.46. The molecule has 0 atom stereocenters. The smallest absolute Gasteiger partial charge is 0.204 e. The number of aryl methyl sites for hydroxylation is 4. The molecule has 0 fully saturated rings. The first-order valence-corrected chi connectivity index (χ1v) is 7.46. The van der Waals surface area contributed by atoms with Crippen LogP contribution in [0.3, 0.4) is 0 Å². The van der Waals surface area contributed by atoms with Crippen molar-refractivity contribution in [3.05, 3.63) is 36.0 Å². The van der Waals surface area contributed by atoms with E-state index < -0.39 is 0 Å². The van der Waals surface area contributed by atoms with E-state index in [-0.39, 0.29) is 0 Å². The van der Waals surface area contributed by atoms with Crippen molar-refractivity contribution in [1.29, 1.82) is 0 Å². The molecule has 6 nitrogen and oxygen atoms in total. The van der Waals surface area contributed by atoms with Gasteiger partial charge in [0.2, 0.25) is 11.2 Å². The first kappa shape index (κ1) is 15.4. The highest BCUT2D eigenvalue weighted by atomic mass is 15.2. The molecule has 0 unspecified atom stereocenters. The second kappa shape index (κ2) is 7.15. The Morgan fingerprint density at radius 2 is 0.952 bits per heavy atom. The van der Waals surface area contributed by atoms with Gasteiger partial charge < -0.3 is 18.3 Å². The Balaban J connectivity index is 1.74. The molecule has 0 saturated heterocycles. The fraction of sp³-hybridized carbons (Fsp3) is 0.600. The fourth-order valence-electron chi connectivity index (χ4n) is 2.37. The monoisotopic (exact) mass is 290 g/mol. The van der Waals surface area contributed by atoms with Crippen molar-refractivity contribution >= 4 is 0 Å². The number of rotatable bonds is 6. The van der Waals surface area contributed by atoms with Crippen LogP contribution in [0.25, 0.3) is 0 Å². The van der Waals surface area contributed by atoms with E-state index in [4.69, 9.17) is 0 Å². The first-order valence-electron chi connectivity index (χ1n) is 7.46. The number of aromatic nitrogens is 4. The lowest BCUT2D eigenvalue weighted by Crippen LogP contribution is -2.22. The van der Waals surface area contributed by atoms with Gasteiger partial charge in [0.25, 0.3) is 0 Å². The van der Waals surface area contributed by atoms with Gasteiger partial charge in [0.05, 0.1) is 0 Å². The molecule has 2 aromatic heterocycles. The second-order valence-electron chi connectivity index (χ2n) is 5.46. The molecule has 0 aromatic carbocycles. The Hall–Kier alpha value is -1.98. The van der Waals surface area contributed by atoms with Crippen LogP contribution in [0.2, 0.25) is 0 Å². The Kier molecular flexibility index (Phi) is 5.25. The van der Waals surface area contributed by atoms with Gasteiger partial charge in [-0.15, -0.1) is 0 Å². The van der Waals surface area contributed by atoms with Crippen LogP contribution in [0, 0.1) is 0 Å². The molecule has 0 amide bonds. The van der Waals surface area contributed by atoms with E-state index in [9.17, 15) is 0 Å². The van der Waals surface area contributed by atoms with Crippen molar-refractivity contribution in [2.75, 3.05) is 13.1 Å². The molecule has 2 heterocycles. The zero-order chi connectivity index (χ0) is 15.2. The number of hydrogen-bond donors (Lipinski definition) is 0. The molecule has 0 bridgehead atoms. The molecule has 0 N–H and O–H groups in total. The van der Waals surface area contributed by atoms with Crippen LogP contribution in [0.1, 0.15) is 19.3 Å². The highest BCUT2D eigenvalue weighted by molar-refractivity contribution is 4.78. The summed E-state index contributed by atoms with van der Waals surface area (Å²) >= 11 is 0. The van der Waals surface area contributed by atoms with Crippen molar-refractivity contribution in [3.8, 4) is 0 Å². The Labute approximate surface area is 125 Å². The molecular formula is C15H26N6. The van der Waals surface area contributed by atoms with E-state index in [2.05, 4.69) is 9.98 Å². The van der Waals surface area contributed by atoms with Crippen LogP contribution in [0.15, 0.2) is 34.8 Å². The van der Waals surface area contributed by atoms with Crippen molar-refractivity contribution in [1.82, 2.24) is 18.3 Å². The van der Waals surface area contributed by atoms with E-state index in [1.165, 1.54) is 0 Å². The quantitative estimate of drug-likeness (QED) is 0.704. The summed E-state index contributed by atoms with van der Waals surface area (Å²) in [5.74, 6) is 0. The normalized spacial score (nSPS) is 10.9. The predicted molar refractivity (Wildman–Crippen MR) is 83.5 cm³/mol. The molecule has 0 radical (unpaired) electrons. The van der Waals surface area contributed by atoms with Gasteiger partial charge in [-0.1, -0.05) is 0 Å². The van der Waals surface area contributed by atoms with Crippen LogP contribution in [-0.2, 0) is 28.2 Å². The summed E-state index contributed by atoms with van der Waals surface area (Å²) < 4.78 is 8.19. The zero-order valence-corrected chi connectivity index (χ0v) is 13.5. The summed E-state index contributed by atoms with van der Waals surface area (Å²) in [5, 5.41) is 0. The highest BCUT2D eigenvalue weighted by Crippen LogP contribution is 1.95. The van der Waals surface area contributed by atoms with Crippen LogP contribution in [0.4, 0.5) is 0 Å². The zero-order valence-electron chi connectivity index (χ0n) is 13.5. The lowest BCUT2D eigenvalue weighted by molar-refractivity contribution is 0.643. The van der Waals surface area contributed by atoms with Crippen LogP contribution in [-0.4, -0.2) is 31.4 Å². The standard InChI is InChI=1S/C15H26N6/c1-18-10-11-19(2)14(18)16-8-6-5-7-9-17-15-20(3)12-13-21(15)4/h10-13H,5-9H2,1-4H3. The molecule has 0 aliphatic rings. The minimum absolute atomic E-state index is 0.879. The molecule has 0 aliphatic carbocycles. The number of nitrogens with zero attached hydrogens (tertiary/aromatic N) is 6. The van der Waals surface area contributed by atoms with Crippen molar-refractivity contribution in [3.63, 3.8) is 0 Å².